The number of nitrogens with zero attached hydrogens (tertiary/aromatic N) is 1. The topological polar surface area (TPSA) is 54.6 Å². The fraction of sp³-hybridized carbons (Fsp3) is 0.0435. The van der Waals surface area contributed by atoms with Crippen LogP contribution in [-0.2, 0) is 11.2 Å². The molecular formula is C23H17ClN2O2. The molecule has 5 heteroatoms. The van der Waals surface area contributed by atoms with Gasteiger partial charge < -0.3 is 4.42 Å². The van der Waals surface area contributed by atoms with Crippen molar-refractivity contribution in [3.05, 3.63) is 95.2 Å². The average molecular weight is 389 g/mol. The number of hydrazone groups is 1. The fourth-order valence-corrected chi connectivity index (χ4v) is 3.28. The maximum atomic E-state index is 12.2. The molecule has 4 rings (SSSR count). The number of hydrogen-bond donors (Lipinski definition) is 1. The number of fused-ring (bicyclic) bond motifs is 1. The van der Waals surface area contributed by atoms with Crippen LogP contribution in [0.1, 0.15) is 11.3 Å². The van der Waals surface area contributed by atoms with Crippen molar-refractivity contribution in [3.8, 4) is 11.3 Å². The molecule has 0 aliphatic heterocycles. The average Bonchev–Trinajstić information content (AvgIpc) is 3.17. The highest BCUT2D eigenvalue weighted by molar-refractivity contribution is 6.33. The molecule has 4 nitrogen and oxygen atoms in total. The summed E-state index contributed by atoms with van der Waals surface area (Å²) in [7, 11) is 0. The number of hydrogen-bond acceptors (Lipinski definition) is 3. The number of halogens is 1. The van der Waals surface area contributed by atoms with Gasteiger partial charge in [0.1, 0.15) is 11.5 Å². The lowest BCUT2D eigenvalue weighted by Crippen LogP contribution is -2.19. The van der Waals surface area contributed by atoms with Crippen LogP contribution < -0.4 is 5.43 Å². The lowest BCUT2D eigenvalue weighted by atomic mass is 10.0. The third-order valence-electron chi connectivity index (χ3n) is 4.38. The van der Waals surface area contributed by atoms with E-state index in [1.165, 1.54) is 6.21 Å². The van der Waals surface area contributed by atoms with E-state index in [4.69, 9.17) is 16.0 Å². The maximum Gasteiger partial charge on any atom is 0.244 e. The van der Waals surface area contributed by atoms with Crippen LogP contribution in [-0.4, -0.2) is 12.1 Å². The van der Waals surface area contributed by atoms with Crippen LogP contribution >= 0.6 is 11.6 Å². The van der Waals surface area contributed by atoms with E-state index in [0.29, 0.717) is 16.5 Å². The van der Waals surface area contributed by atoms with Crippen molar-refractivity contribution >= 4 is 34.5 Å². The van der Waals surface area contributed by atoms with E-state index in [9.17, 15) is 4.79 Å². The second kappa shape index (κ2) is 8.11. The van der Waals surface area contributed by atoms with Gasteiger partial charge >= 0.3 is 0 Å². The van der Waals surface area contributed by atoms with Crippen LogP contribution in [0.3, 0.4) is 0 Å². The molecule has 1 N–H and O–H groups in total. The van der Waals surface area contributed by atoms with Crippen molar-refractivity contribution < 1.29 is 9.21 Å². The van der Waals surface area contributed by atoms with Crippen LogP contribution in [0.4, 0.5) is 0 Å². The zero-order valence-corrected chi connectivity index (χ0v) is 15.7. The smallest absolute Gasteiger partial charge is 0.244 e. The van der Waals surface area contributed by atoms with Gasteiger partial charge in [0, 0.05) is 5.56 Å². The number of carbonyl (C=O) groups excluding carboxylic acids is 1. The van der Waals surface area contributed by atoms with Crippen molar-refractivity contribution in [1.82, 2.24) is 5.43 Å². The molecule has 0 atom stereocenters. The summed E-state index contributed by atoms with van der Waals surface area (Å²) in [5.41, 5.74) is 4.32. The first-order valence-electron chi connectivity index (χ1n) is 8.84. The van der Waals surface area contributed by atoms with Gasteiger partial charge in [0.25, 0.3) is 0 Å². The van der Waals surface area contributed by atoms with Crippen LogP contribution in [0.2, 0.25) is 5.02 Å². The second-order valence-electron chi connectivity index (χ2n) is 6.29. The summed E-state index contributed by atoms with van der Waals surface area (Å²) in [5.74, 6) is 0.986. The van der Waals surface area contributed by atoms with Crippen molar-refractivity contribution in [3.63, 3.8) is 0 Å². The molecule has 0 aliphatic carbocycles. The summed E-state index contributed by atoms with van der Waals surface area (Å²) in [6.45, 7) is 0. The number of carbonyl (C=O) groups is 1. The van der Waals surface area contributed by atoms with Gasteiger partial charge in [-0.3, -0.25) is 4.79 Å². The molecule has 0 saturated carbocycles. The summed E-state index contributed by atoms with van der Waals surface area (Å²) in [4.78, 5) is 12.2. The van der Waals surface area contributed by atoms with Gasteiger partial charge in [0.05, 0.1) is 17.7 Å². The summed E-state index contributed by atoms with van der Waals surface area (Å²) < 4.78 is 5.72. The summed E-state index contributed by atoms with van der Waals surface area (Å²) in [6.07, 6.45) is 1.73. The van der Waals surface area contributed by atoms with E-state index >= 15 is 0 Å². The summed E-state index contributed by atoms with van der Waals surface area (Å²) in [6, 6.07) is 25.0. The molecule has 1 aromatic heterocycles. The Morgan fingerprint density at radius 1 is 0.964 bits per heavy atom. The van der Waals surface area contributed by atoms with Gasteiger partial charge in [-0.15, -0.1) is 0 Å². The van der Waals surface area contributed by atoms with Crippen LogP contribution in [0, 0.1) is 0 Å². The van der Waals surface area contributed by atoms with E-state index in [1.807, 2.05) is 66.7 Å². The Hall–Kier alpha value is -3.37. The molecule has 0 bridgehead atoms. The number of benzene rings is 3. The first-order chi connectivity index (χ1) is 13.7. The van der Waals surface area contributed by atoms with Crippen molar-refractivity contribution in [2.45, 2.75) is 6.42 Å². The molecule has 0 saturated heterocycles. The van der Waals surface area contributed by atoms with Crippen LogP contribution in [0.5, 0.6) is 0 Å². The summed E-state index contributed by atoms with van der Waals surface area (Å²) in [5, 5.41) is 6.79. The Bertz CT molecular complexity index is 1160. The predicted molar refractivity (Wildman–Crippen MR) is 113 cm³/mol. The highest BCUT2D eigenvalue weighted by Gasteiger charge is 2.08. The minimum Gasteiger partial charge on any atom is -0.455 e. The lowest BCUT2D eigenvalue weighted by Gasteiger charge is -2.05. The standard InChI is InChI=1S/C23H17ClN2O2/c24-21-11-4-3-10-20(21)22-13-12-18(28-22)15-25-26-23(27)14-17-8-5-7-16-6-1-2-9-19(16)17/h1-13,15H,14H2,(H,26,27)/b25-15+. The normalized spacial score (nSPS) is 11.2. The van der Waals surface area contributed by atoms with E-state index in [2.05, 4.69) is 10.5 Å². The molecule has 0 fully saturated rings. The Labute approximate surface area is 167 Å². The highest BCUT2D eigenvalue weighted by Crippen LogP contribution is 2.28. The van der Waals surface area contributed by atoms with E-state index in [1.54, 1.807) is 12.1 Å². The predicted octanol–water partition coefficient (Wildman–Crippen LogP) is 5.45. The molecule has 0 unspecified atom stereocenters. The van der Waals surface area contributed by atoms with Crippen molar-refractivity contribution in [1.29, 1.82) is 0 Å². The molecule has 4 aromatic rings. The van der Waals surface area contributed by atoms with Gasteiger partial charge in [-0.05, 0) is 40.6 Å². The van der Waals surface area contributed by atoms with Crippen LogP contribution in [0.15, 0.2) is 88.4 Å². The molecule has 0 aliphatic rings. The Kier molecular flexibility index (Phi) is 5.22. The third kappa shape index (κ3) is 3.97. The largest absolute Gasteiger partial charge is 0.455 e. The van der Waals surface area contributed by atoms with Crippen molar-refractivity contribution in [2.24, 2.45) is 5.10 Å². The molecule has 28 heavy (non-hydrogen) atoms. The number of furan rings is 1. The van der Waals surface area contributed by atoms with Gasteiger partial charge in [0.2, 0.25) is 5.91 Å². The fourth-order valence-electron chi connectivity index (χ4n) is 3.06. The van der Waals surface area contributed by atoms with Gasteiger partial charge in [-0.1, -0.05) is 66.2 Å². The first kappa shape index (κ1) is 18.0. The van der Waals surface area contributed by atoms with E-state index < -0.39 is 0 Å². The molecule has 0 spiro atoms. The zero-order chi connectivity index (χ0) is 19.3. The summed E-state index contributed by atoms with van der Waals surface area (Å²) >= 11 is 6.18. The zero-order valence-electron chi connectivity index (χ0n) is 14.9. The second-order valence-corrected chi connectivity index (χ2v) is 6.70. The van der Waals surface area contributed by atoms with Gasteiger partial charge in [-0.2, -0.15) is 5.10 Å². The molecule has 0 radical (unpaired) electrons. The number of rotatable bonds is 5. The quantitative estimate of drug-likeness (QED) is 0.365. The molecule has 3 aromatic carbocycles. The minimum atomic E-state index is -0.189. The third-order valence-corrected chi connectivity index (χ3v) is 4.71. The Balaban J connectivity index is 1.41. The Morgan fingerprint density at radius 3 is 2.64 bits per heavy atom. The molecule has 138 valence electrons. The number of nitrogens with one attached hydrogen (secondary N) is 1. The maximum absolute atomic E-state index is 12.2. The first-order valence-corrected chi connectivity index (χ1v) is 9.22. The SMILES string of the molecule is O=C(Cc1cccc2ccccc12)N/N=C/c1ccc(-c2ccccc2Cl)o1. The van der Waals surface area contributed by atoms with Gasteiger partial charge in [-0.25, -0.2) is 5.43 Å². The minimum absolute atomic E-state index is 0.189. The van der Waals surface area contributed by atoms with Crippen LogP contribution in [0.25, 0.3) is 22.1 Å². The Morgan fingerprint density at radius 2 is 1.75 bits per heavy atom. The monoisotopic (exact) mass is 388 g/mol. The molecule has 1 heterocycles. The van der Waals surface area contributed by atoms with Crippen molar-refractivity contribution in [2.75, 3.05) is 0 Å². The highest BCUT2D eigenvalue weighted by atomic mass is 35.5. The number of amides is 1. The lowest BCUT2D eigenvalue weighted by molar-refractivity contribution is -0.120. The van der Waals surface area contributed by atoms with Gasteiger partial charge in [0.15, 0.2) is 0 Å². The van der Waals surface area contributed by atoms with E-state index in [-0.39, 0.29) is 12.3 Å². The molecular weight excluding hydrogens is 372 g/mol. The molecule has 1 amide bonds. The van der Waals surface area contributed by atoms with E-state index in [0.717, 1.165) is 21.9 Å².